The van der Waals surface area contributed by atoms with E-state index in [2.05, 4.69) is 27.6 Å². The lowest BCUT2D eigenvalue weighted by molar-refractivity contribution is -0.161. The number of hydrogen-bond acceptors (Lipinski definition) is 7. The highest BCUT2D eigenvalue weighted by Crippen LogP contribution is 2.69. The van der Waals surface area contributed by atoms with E-state index in [1.807, 2.05) is 54.6 Å². The van der Waals surface area contributed by atoms with Gasteiger partial charge in [0.1, 0.15) is 17.6 Å². The number of methoxy groups -OCH3 is 2. The Morgan fingerprint density at radius 3 is 2.42 bits per heavy atom. The topological polar surface area (TPSA) is 98.1 Å². The van der Waals surface area contributed by atoms with Gasteiger partial charge in [-0.05, 0) is 45.9 Å². The molecule has 1 aliphatic heterocycles. The third kappa shape index (κ3) is 2.87. The summed E-state index contributed by atoms with van der Waals surface area (Å²) >= 11 is 2.20. The van der Waals surface area contributed by atoms with Gasteiger partial charge in [-0.25, -0.2) is 0 Å². The number of esters is 1. The first kappa shape index (κ1) is 22.1. The highest BCUT2D eigenvalue weighted by molar-refractivity contribution is 14.1. The van der Waals surface area contributed by atoms with Crippen molar-refractivity contribution in [2.24, 2.45) is 5.92 Å². The standard InChI is InChI=1S/C25H22INO6/c1-31-17-12-27-13-18-21(17)24(30)22(28)19(23(29)32-2)20(14-6-4-3-5-7-14)25(24,33-18)15-8-10-16(26)11-9-15/h3-13,19-20,22,28,30H,1-2H3/t19-,20-,22-,24+,25+/m1/s1. The number of carbonyl (C=O) groups excluding carboxylic acids is 1. The monoisotopic (exact) mass is 559 g/mol. The predicted molar refractivity (Wildman–Crippen MR) is 127 cm³/mol. The number of fused-ring (bicyclic) bond motifs is 3. The van der Waals surface area contributed by atoms with Gasteiger partial charge in [0.2, 0.25) is 0 Å². The summed E-state index contributed by atoms with van der Waals surface area (Å²) in [6.45, 7) is 0. The highest BCUT2D eigenvalue weighted by atomic mass is 127. The van der Waals surface area contributed by atoms with Gasteiger partial charge in [-0.2, -0.15) is 0 Å². The highest BCUT2D eigenvalue weighted by Gasteiger charge is 2.78. The average molecular weight is 559 g/mol. The fourth-order valence-electron chi connectivity index (χ4n) is 5.49. The molecule has 1 aromatic heterocycles. The molecular formula is C25H22INO6. The first-order chi connectivity index (χ1) is 15.9. The summed E-state index contributed by atoms with van der Waals surface area (Å²) in [5.41, 5.74) is -1.97. The molecule has 2 N–H and O–H groups in total. The average Bonchev–Trinajstić information content (AvgIpc) is 3.22. The van der Waals surface area contributed by atoms with E-state index in [0.29, 0.717) is 11.3 Å². The number of aromatic nitrogens is 1. The predicted octanol–water partition coefficient (Wildman–Crippen LogP) is 3.12. The zero-order valence-corrected chi connectivity index (χ0v) is 20.1. The minimum absolute atomic E-state index is 0.262. The number of ether oxygens (including phenoxy) is 3. The number of nitrogens with zero attached hydrogens (tertiary/aromatic N) is 1. The van der Waals surface area contributed by atoms with Gasteiger partial charge in [0.15, 0.2) is 11.2 Å². The minimum Gasteiger partial charge on any atom is -0.495 e. The van der Waals surface area contributed by atoms with E-state index in [1.165, 1.54) is 26.6 Å². The Hall–Kier alpha value is -2.69. The van der Waals surface area contributed by atoms with Crippen LogP contribution in [0.2, 0.25) is 0 Å². The molecule has 1 fully saturated rings. The Labute approximate surface area is 204 Å². The van der Waals surface area contributed by atoms with Crippen LogP contribution in [0.15, 0.2) is 67.0 Å². The van der Waals surface area contributed by atoms with E-state index in [-0.39, 0.29) is 11.3 Å². The van der Waals surface area contributed by atoms with Crippen molar-refractivity contribution in [2.45, 2.75) is 23.2 Å². The van der Waals surface area contributed by atoms with Crippen LogP contribution >= 0.6 is 22.6 Å². The number of carbonyl (C=O) groups is 1. The van der Waals surface area contributed by atoms with Crippen molar-refractivity contribution < 1.29 is 29.2 Å². The van der Waals surface area contributed by atoms with E-state index in [0.717, 1.165) is 9.13 Å². The Morgan fingerprint density at radius 2 is 1.79 bits per heavy atom. The normalized spacial score (nSPS) is 29.7. The number of aliphatic hydroxyl groups is 2. The van der Waals surface area contributed by atoms with Gasteiger partial charge in [-0.15, -0.1) is 0 Å². The zero-order valence-electron chi connectivity index (χ0n) is 17.9. The van der Waals surface area contributed by atoms with Crippen LogP contribution in [-0.2, 0) is 20.7 Å². The van der Waals surface area contributed by atoms with Crippen LogP contribution in [0.1, 0.15) is 22.6 Å². The molecule has 33 heavy (non-hydrogen) atoms. The summed E-state index contributed by atoms with van der Waals surface area (Å²) < 4.78 is 18.2. The molecule has 0 saturated heterocycles. The molecule has 0 amide bonds. The molecule has 7 nitrogen and oxygen atoms in total. The molecule has 2 heterocycles. The largest absolute Gasteiger partial charge is 0.495 e. The van der Waals surface area contributed by atoms with Crippen LogP contribution in [0.5, 0.6) is 11.5 Å². The Balaban J connectivity index is 1.89. The van der Waals surface area contributed by atoms with Crippen LogP contribution < -0.4 is 9.47 Å². The zero-order chi connectivity index (χ0) is 23.4. The molecule has 8 heteroatoms. The number of aliphatic hydroxyl groups excluding tert-OH is 1. The van der Waals surface area contributed by atoms with Crippen molar-refractivity contribution in [2.75, 3.05) is 14.2 Å². The van der Waals surface area contributed by atoms with Gasteiger partial charge in [-0.3, -0.25) is 9.78 Å². The first-order valence-corrected chi connectivity index (χ1v) is 11.5. The van der Waals surface area contributed by atoms with Gasteiger partial charge in [0, 0.05) is 9.49 Å². The minimum atomic E-state index is -2.03. The van der Waals surface area contributed by atoms with Crippen molar-refractivity contribution in [3.8, 4) is 11.5 Å². The third-order valence-corrected chi connectivity index (χ3v) is 7.50. The molecule has 5 rings (SSSR count). The van der Waals surface area contributed by atoms with Crippen LogP contribution in [-0.4, -0.2) is 41.5 Å². The summed E-state index contributed by atoms with van der Waals surface area (Å²) in [4.78, 5) is 17.3. The molecule has 3 aromatic rings. The Morgan fingerprint density at radius 1 is 1.09 bits per heavy atom. The van der Waals surface area contributed by atoms with Gasteiger partial charge in [0.25, 0.3) is 0 Å². The van der Waals surface area contributed by atoms with E-state index in [4.69, 9.17) is 14.2 Å². The fraction of sp³-hybridized carbons (Fsp3) is 0.280. The van der Waals surface area contributed by atoms with Crippen LogP contribution in [0.3, 0.4) is 0 Å². The molecule has 0 radical (unpaired) electrons. The molecule has 5 atom stereocenters. The van der Waals surface area contributed by atoms with Gasteiger partial charge in [0.05, 0.1) is 38.1 Å². The lowest BCUT2D eigenvalue weighted by atomic mass is 9.70. The summed E-state index contributed by atoms with van der Waals surface area (Å²) in [5.74, 6) is -1.96. The Kier molecular flexibility index (Phi) is 5.34. The summed E-state index contributed by atoms with van der Waals surface area (Å²) in [7, 11) is 2.73. The van der Waals surface area contributed by atoms with Crippen molar-refractivity contribution in [1.82, 2.24) is 4.98 Å². The number of hydrogen-bond donors (Lipinski definition) is 2. The lowest BCUT2D eigenvalue weighted by Gasteiger charge is -2.40. The number of halogens is 1. The van der Waals surface area contributed by atoms with E-state index in [9.17, 15) is 15.0 Å². The van der Waals surface area contributed by atoms with Gasteiger partial charge >= 0.3 is 5.97 Å². The Bertz CT molecular complexity index is 1200. The smallest absolute Gasteiger partial charge is 0.312 e. The van der Waals surface area contributed by atoms with Crippen molar-refractivity contribution in [3.05, 3.63) is 87.3 Å². The van der Waals surface area contributed by atoms with Crippen LogP contribution in [0.4, 0.5) is 0 Å². The third-order valence-electron chi connectivity index (χ3n) is 6.79. The maximum absolute atomic E-state index is 13.1. The van der Waals surface area contributed by atoms with Crippen LogP contribution in [0.25, 0.3) is 0 Å². The molecule has 2 aliphatic rings. The molecule has 2 aromatic carbocycles. The SMILES string of the molecule is COC(=O)[C@H]1[C@@H](O)[C@@]2(O)c3c(OC)cncc3O[C@@]2(c2ccc(I)cc2)[C@@H]1c1ccccc1. The maximum atomic E-state index is 13.1. The number of rotatable bonds is 4. The molecule has 1 aliphatic carbocycles. The first-order valence-electron chi connectivity index (χ1n) is 10.4. The maximum Gasteiger partial charge on any atom is 0.312 e. The summed E-state index contributed by atoms with van der Waals surface area (Å²) in [6, 6.07) is 16.8. The molecule has 1 saturated carbocycles. The van der Waals surface area contributed by atoms with Crippen molar-refractivity contribution in [1.29, 1.82) is 0 Å². The van der Waals surface area contributed by atoms with Crippen molar-refractivity contribution >= 4 is 28.6 Å². The van der Waals surface area contributed by atoms with Crippen LogP contribution in [0, 0.1) is 9.49 Å². The molecule has 0 spiro atoms. The second-order valence-electron chi connectivity index (χ2n) is 8.21. The lowest BCUT2D eigenvalue weighted by Crippen LogP contribution is -2.52. The van der Waals surface area contributed by atoms with E-state index < -0.39 is 35.1 Å². The van der Waals surface area contributed by atoms with E-state index in [1.54, 1.807) is 0 Å². The number of benzene rings is 2. The summed E-state index contributed by atoms with van der Waals surface area (Å²) in [6.07, 6.45) is 1.40. The second kappa shape index (κ2) is 7.96. The van der Waals surface area contributed by atoms with Crippen molar-refractivity contribution in [3.63, 3.8) is 0 Å². The van der Waals surface area contributed by atoms with E-state index >= 15 is 0 Å². The molecule has 0 bridgehead atoms. The fourth-order valence-corrected chi connectivity index (χ4v) is 5.85. The molecule has 0 unspecified atom stereocenters. The van der Waals surface area contributed by atoms with Gasteiger partial charge in [-0.1, -0.05) is 42.5 Å². The molecule has 170 valence electrons. The summed E-state index contributed by atoms with van der Waals surface area (Å²) in [5, 5.41) is 24.2. The second-order valence-corrected chi connectivity index (χ2v) is 9.45. The number of pyridine rings is 1. The quantitative estimate of drug-likeness (QED) is 0.375. The van der Waals surface area contributed by atoms with Gasteiger partial charge < -0.3 is 24.4 Å². The molecular weight excluding hydrogens is 537 g/mol.